The third kappa shape index (κ3) is 2.51. The van der Waals surface area contributed by atoms with Crippen LogP contribution in [-0.4, -0.2) is 4.92 Å². The number of nitrogens with one attached hydrogen (secondary N) is 1. The van der Waals surface area contributed by atoms with Crippen molar-refractivity contribution < 1.29 is 9.34 Å². The van der Waals surface area contributed by atoms with E-state index < -0.39 is 0 Å². The summed E-state index contributed by atoms with van der Waals surface area (Å²) in [5.74, 6) is 0.741. The molecule has 5 heteroatoms. The molecule has 0 aliphatic carbocycles. The van der Waals surface area contributed by atoms with Crippen LogP contribution in [-0.2, 0) is 0 Å². The topological polar surface area (TPSA) is 68.3 Å². The fraction of sp³-hybridized carbons (Fsp3) is 0.231. The maximum Gasteiger partial charge on any atom is 0.292 e. The Morgan fingerprint density at radius 1 is 1.39 bits per heavy atom. The highest BCUT2D eigenvalue weighted by Crippen LogP contribution is 2.29. The molecule has 1 atom stereocenters. The Bertz CT molecular complexity index is 549. The van der Waals surface area contributed by atoms with E-state index in [1.807, 2.05) is 26.0 Å². The molecule has 0 aliphatic heterocycles. The van der Waals surface area contributed by atoms with Crippen molar-refractivity contribution in [3.05, 3.63) is 58.0 Å². The van der Waals surface area contributed by atoms with Gasteiger partial charge < -0.3 is 9.73 Å². The van der Waals surface area contributed by atoms with E-state index >= 15 is 0 Å². The Hall–Kier alpha value is -2.30. The highest BCUT2D eigenvalue weighted by molar-refractivity contribution is 5.63. The predicted octanol–water partition coefficient (Wildman–Crippen LogP) is 3.67. The molecule has 0 radical (unpaired) electrons. The molecule has 2 aromatic rings. The molecule has 0 amide bonds. The maximum atomic E-state index is 11.0. The molecule has 1 aromatic carbocycles. The summed E-state index contributed by atoms with van der Waals surface area (Å²) >= 11 is 0. The number of aryl methyl sites for hydroxylation is 1. The molecule has 5 nitrogen and oxygen atoms in total. The molecule has 0 saturated heterocycles. The summed E-state index contributed by atoms with van der Waals surface area (Å²) in [6.45, 7) is 3.72. The Morgan fingerprint density at radius 3 is 2.78 bits per heavy atom. The largest absolute Gasteiger partial charge is 0.467 e. The molecule has 1 unspecified atom stereocenters. The summed E-state index contributed by atoms with van der Waals surface area (Å²) in [6, 6.07) is 8.60. The van der Waals surface area contributed by atoms with Gasteiger partial charge in [-0.15, -0.1) is 0 Å². The first kappa shape index (κ1) is 12.2. The Balaban J connectivity index is 2.26. The van der Waals surface area contributed by atoms with Gasteiger partial charge in [-0.2, -0.15) is 0 Å². The van der Waals surface area contributed by atoms with Gasteiger partial charge in [0.15, 0.2) is 0 Å². The number of nitro benzene ring substituents is 1. The maximum absolute atomic E-state index is 11.0. The van der Waals surface area contributed by atoms with Crippen LogP contribution in [0, 0.1) is 17.0 Å². The minimum atomic E-state index is -0.385. The van der Waals surface area contributed by atoms with Gasteiger partial charge >= 0.3 is 0 Å². The van der Waals surface area contributed by atoms with Gasteiger partial charge in [0, 0.05) is 6.07 Å². The lowest BCUT2D eigenvalue weighted by molar-refractivity contribution is -0.384. The Labute approximate surface area is 105 Å². The molecule has 0 fully saturated rings. The lowest BCUT2D eigenvalue weighted by Crippen LogP contribution is -2.07. The smallest absolute Gasteiger partial charge is 0.292 e. The van der Waals surface area contributed by atoms with Crippen molar-refractivity contribution in [1.29, 1.82) is 0 Å². The zero-order valence-corrected chi connectivity index (χ0v) is 10.2. The zero-order valence-electron chi connectivity index (χ0n) is 10.2. The van der Waals surface area contributed by atoms with E-state index in [0.29, 0.717) is 5.69 Å². The second-order valence-corrected chi connectivity index (χ2v) is 4.16. The minimum Gasteiger partial charge on any atom is -0.467 e. The third-order valence-electron chi connectivity index (χ3n) is 2.69. The predicted molar refractivity (Wildman–Crippen MR) is 68.6 cm³/mol. The number of hydrogen-bond acceptors (Lipinski definition) is 4. The van der Waals surface area contributed by atoms with Crippen LogP contribution in [0.15, 0.2) is 41.0 Å². The van der Waals surface area contributed by atoms with E-state index in [9.17, 15) is 10.1 Å². The molecule has 0 aliphatic rings. The van der Waals surface area contributed by atoms with E-state index in [1.165, 1.54) is 0 Å². The van der Waals surface area contributed by atoms with Crippen molar-refractivity contribution in [2.75, 3.05) is 5.32 Å². The normalized spacial score (nSPS) is 12.1. The van der Waals surface area contributed by atoms with E-state index in [1.54, 1.807) is 24.5 Å². The highest BCUT2D eigenvalue weighted by Gasteiger charge is 2.17. The van der Waals surface area contributed by atoms with Gasteiger partial charge in [-0.05, 0) is 37.6 Å². The van der Waals surface area contributed by atoms with Crippen LogP contribution in [0.4, 0.5) is 11.4 Å². The molecule has 2 rings (SSSR count). The first-order valence-corrected chi connectivity index (χ1v) is 5.63. The highest BCUT2D eigenvalue weighted by atomic mass is 16.6. The van der Waals surface area contributed by atoms with Crippen LogP contribution >= 0.6 is 0 Å². The standard InChI is InChI=1S/C13H14N2O3/c1-9-5-6-11(12(8-9)15(16)17)14-10(2)13-4-3-7-18-13/h3-8,10,14H,1-2H3. The summed E-state index contributed by atoms with van der Waals surface area (Å²) in [5.41, 5.74) is 1.43. The van der Waals surface area contributed by atoms with Gasteiger partial charge in [-0.25, -0.2) is 0 Å². The number of hydrogen-bond donors (Lipinski definition) is 1. The molecule has 1 heterocycles. The number of nitrogens with zero attached hydrogens (tertiary/aromatic N) is 1. The van der Waals surface area contributed by atoms with Crippen LogP contribution in [0.25, 0.3) is 0 Å². The molecule has 1 N–H and O–H groups in total. The molecular weight excluding hydrogens is 232 g/mol. The summed E-state index contributed by atoms with van der Waals surface area (Å²) in [4.78, 5) is 10.6. The molecule has 18 heavy (non-hydrogen) atoms. The summed E-state index contributed by atoms with van der Waals surface area (Å²) in [5, 5.41) is 14.1. The first-order valence-electron chi connectivity index (χ1n) is 5.63. The van der Waals surface area contributed by atoms with Crippen LogP contribution in [0.1, 0.15) is 24.3 Å². The van der Waals surface area contributed by atoms with E-state index in [2.05, 4.69) is 5.32 Å². The van der Waals surface area contributed by atoms with E-state index in [0.717, 1.165) is 11.3 Å². The molecule has 0 bridgehead atoms. The second-order valence-electron chi connectivity index (χ2n) is 4.16. The van der Waals surface area contributed by atoms with Gasteiger partial charge in [0.25, 0.3) is 5.69 Å². The molecule has 0 spiro atoms. The van der Waals surface area contributed by atoms with E-state index in [-0.39, 0.29) is 16.7 Å². The van der Waals surface area contributed by atoms with Gasteiger partial charge in [-0.1, -0.05) is 6.07 Å². The minimum absolute atomic E-state index is 0.0772. The monoisotopic (exact) mass is 246 g/mol. The average Bonchev–Trinajstić information content (AvgIpc) is 2.84. The number of furan rings is 1. The molecule has 94 valence electrons. The zero-order chi connectivity index (χ0) is 13.1. The van der Waals surface area contributed by atoms with Crippen molar-refractivity contribution in [2.45, 2.75) is 19.9 Å². The molecular formula is C13H14N2O3. The number of nitro groups is 1. The van der Waals surface area contributed by atoms with Crippen LogP contribution in [0.5, 0.6) is 0 Å². The second kappa shape index (κ2) is 4.91. The van der Waals surface area contributed by atoms with E-state index in [4.69, 9.17) is 4.42 Å². The van der Waals surface area contributed by atoms with Gasteiger partial charge in [0.1, 0.15) is 11.4 Å². The Kier molecular flexibility index (Phi) is 3.32. The van der Waals surface area contributed by atoms with Gasteiger partial charge in [0.05, 0.1) is 17.2 Å². The van der Waals surface area contributed by atoms with Crippen LogP contribution in [0.3, 0.4) is 0 Å². The third-order valence-corrected chi connectivity index (χ3v) is 2.69. The van der Waals surface area contributed by atoms with Gasteiger partial charge in [-0.3, -0.25) is 10.1 Å². The lowest BCUT2D eigenvalue weighted by Gasteiger charge is -2.13. The average molecular weight is 246 g/mol. The fourth-order valence-electron chi connectivity index (χ4n) is 1.76. The van der Waals surface area contributed by atoms with Crippen molar-refractivity contribution >= 4 is 11.4 Å². The van der Waals surface area contributed by atoms with Crippen molar-refractivity contribution in [1.82, 2.24) is 0 Å². The number of benzene rings is 1. The quantitative estimate of drug-likeness (QED) is 0.660. The number of anilines is 1. The fourth-order valence-corrected chi connectivity index (χ4v) is 1.76. The van der Waals surface area contributed by atoms with Crippen molar-refractivity contribution in [3.63, 3.8) is 0 Å². The molecule has 0 saturated carbocycles. The SMILES string of the molecule is Cc1ccc(NC(C)c2ccco2)c([N+](=O)[O-])c1. The van der Waals surface area contributed by atoms with Crippen molar-refractivity contribution in [3.8, 4) is 0 Å². The van der Waals surface area contributed by atoms with Crippen molar-refractivity contribution in [2.24, 2.45) is 0 Å². The Morgan fingerprint density at radius 2 is 2.17 bits per heavy atom. The summed E-state index contributed by atoms with van der Waals surface area (Å²) in [7, 11) is 0. The molecule has 1 aromatic heterocycles. The first-order chi connectivity index (χ1) is 8.58. The number of rotatable bonds is 4. The van der Waals surface area contributed by atoms with Crippen LogP contribution in [0.2, 0.25) is 0 Å². The summed E-state index contributed by atoms with van der Waals surface area (Å²) in [6.07, 6.45) is 1.58. The van der Waals surface area contributed by atoms with Gasteiger partial charge in [0.2, 0.25) is 0 Å². The van der Waals surface area contributed by atoms with Crippen LogP contribution < -0.4 is 5.32 Å². The lowest BCUT2D eigenvalue weighted by atomic mass is 10.1. The summed E-state index contributed by atoms with van der Waals surface area (Å²) < 4.78 is 5.26.